The maximum absolute atomic E-state index is 12.2. The number of hydrogen-bond acceptors (Lipinski definition) is 8. The molecule has 0 aromatic heterocycles. The first-order chi connectivity index (χ1) is 9.88. The minimum Gasteiger partial charge on any atom is -0.394 e. The summed E-state index contributed by atoms with van der Waals surface area (Å²) >= 11 is 5.28. The fraction of sp³-hybridized carbons (Fsp3) is 0.900. The van der Waals surface area contributed by atoms with E-state index in [1.807, 2.05) is 0 Å². The van der Waals surface area contributed by atoms with Gasteiger partial charge < -0.3 is 14.2 Å². The highest BCUT2D eigenvalue weighted by atomic mass is 35.5. The molecule has 0 aliphatic rings. The molecule has 0 aliphatic heterocycles. The van der Waals surface area contributed by atoms with Crippen LogP contribution in [0.3, 0.4) is 0 Å². The van der Waals surface area contributed by atoms with Gasteiger partial charge >= 0.3 is 7.82 Å². The number of phosphoric ester groups is 1. The molecule has 128 valence electrons. The third-order valence-electron chi connectivity index (χ3n) is 1.94. The van der Waals surface area contributed by atoms with Crippen LogP contribution >= 0.6 is 27.3 Å². The molecular weight excluding hydrogens is 346 g/mol. The summed E-state index contributed by atoms with van der Waals surface area (Å²) in [5.74, 6) is 0. The van der Waals surface area contributed by atoms with Crippen molar-refractivity contribution in [2.24, 2.45) is 0 Å². The molecule has 8 nitrogen and oxygen atoms in total. The fourth-order valence-electron chi connectivity index (χ4n) is 1.18. The SMILES string of the molecule is C=P(OCl)(OCC)OCC(CO)OP(=O)(OCC)OCC. The lowest BCUT2D eigenvalue weighted by Crippen LogP contribution is -2.23. The average molecular weight is 369 g/mol. The third kappa shape index (κ3) is 8.67. The van der Waals surface area contributed by atoms with E-state index in [2.05, 4.69) is 10.4 Å². The molecule has 0 bridgehead atoms. The van der Waals surface area contributed by atoms with Crippen LogP contribution in [0.25, 0.3) is 0 Å². The smallest absolute Gasteiger partial charge is 0.394 e. The van der Waals surface area contributed by atoms with Crippen LogP contribution in [0.15, 0.2) is 0 Å². The fourth-order valence-corrected chi connectivity index (χ4v) is 3.69. The molecule has 0 fully saturated rings. The molecule has 0 saturated carbocycles. The first kappa shape index (κ1) is 21.5. The van der Waals surface area contributed by atoms with Crippen LogP contribution in [0.1, 0.15) is 20.8 Å². The van der Waals surface area contributed by atoms with Crippen LogP contribution in [-0.2, 0) is 31.3 Å². The molecule has 0 aliphatic carbocycles. The molecule has 0 saturated heterocycles. The normalized spacial score (nSPS) is 16.6. The predicted molar refractivity (Wildman–Crippen MR) is 81.4 cm³/mol. The molecule has 0 heterocycles. The Balaban J connectivity index is 4.63. The lowest BCUT2D eigenvalue weighted by molar-refractivity contribution is 0.0228. The molecule has 0 rings (SSSR count). The Morgan fingerprint density at radius 3 is 2.00 bits per heavy atom. The van der Waals surface area contributed by atoms with Gasteiger partial charge in [0, 0.05) is 0 Å². The van der Waals surface area contributed by atoms with Gasteiger partial charge in [0.25, 0.3) is 7.57 Å². The Hall–Kier alpha value is 0.540. The number of hydrogen-bond donors (Lipinski definition) is 1. The van der Waals surface area contributed by atoms with Crippen molar-refractivity contribution in [3.63, 3.8) is 0 Å². The summed E-state index contributed by atoms with van der Waals surface area (Å²) in [5, 5.41) is 9.27. The zero-order valence-electron chi connectivity index (χ0n) is 12.4. The van der Waals surface area contributed by atoms with Crippen molar-refractivity contribution < 1.29 is 36.4 Å². The van der Waals surface area contributed by atoms with Gasteiger partial charge in [-0.25, -0.2) is 8.64 Å². The second-order valence-electron chi connectivity index (χ2n) is 3.59. The highest BCUT2D eigenvalue weighted by Crippen LogP contribution is 2.52. The van der Waals surface area contributed by atoms with E-state index in [4.69, 9.17) is 34.5 Å². The van der Waals surface area contributed by atoms with E-state index in [9.17, 15) is 9.67 Å². The predicted octanol–water partition coefficient (Wildman–Crippen LogP) is 2.96. The molecule has 21 heavy (non-hydrogen) atoms. The Bertz CT molecular complexity index is 357. The first-order valence-corrected chi connectivity index (χ1v) is 9.89. The quantitative estimate of drug-likeness (QED) is 0.496. The Labute approximate surface area is 130 Å². The Kier molecular flexibility index (Phi) is 11.4. The highest BCUT2D eigenvalue weighted by Gasteiger charge is 2.31. The standard InChI is InChI=1S/C10H23ClO8P2/c1-5-14-20(4,19-11)17-9-10(8-12)18-21(13,15-6-2)16-7-3/h10,12H,4-9H2,1-3H3. The molecule has 11 heteroatoms. The highest BCUT2D eigenvalue weighted by molar-refractivity contribution is 7.60. The van der Waals surface area contributed by atoms with E-state index in [1.165, 1.54) is 0 Å². The van der Waals surface area contributed by atoms with E-state index in [0.29, 0.717) is 0 Å². The lowest BCUT2D eigenvalue weighted by Gasteiger charge is -2.25. The van der Waals surface area contributed by atoms with E-state index < -0.39 is 28.1 Å². The number of aliphatic hydroxyl groups is 1. The zero-order valence-corrected chi connectivity index (χ0v) is 14.9. The van der Waals surface area contributed by atoms with Gasteiger partial charge in [-0.05, 0) is 27.1 Å². The van der Waals surface area contributed by atoms with Gasteiger partial charge in [0.15, 0.2) is 0 Å². The van der Waals surface area contributed by atoms with Gasteiger partial charge in [-0.2, -0.15) is 0 Å². The maximum atomic E-state index is 12.2. The first-order valence-electron chi connectivity index (χ1n) is 6.39. The van der Waals surface area contributed by atoms with Crippen molar-refractivity contribution in [3.05, 3.63) is 0 Å². The minimum atomic E-state index is -3.76. The summed E-state index contributed by atoms with van der Waals surface area (Å²) in [7, 11) is -6.72. The van der Waals surface area contributed by atoms with Crippen LogP contribution in [0, 0.1) is 0 Å². The van der Waals surface area contributed by atoms with Gasteiger partial charge in [-0.1, -0.05) is 0 Å². The molecule has 0 amide bonds. The molecule has 0 spiro atoms. The van der Waals surface area contributed by atoms with E-state index in [-0.39, 0.29) is 26.4 Å². The number of aliphatic hydroxyl groups excluding tert-OH is 1. The number of phosphoric acid groups is 1. The number of rotatable bonds is 13. The van der Waals surface area contributed by atoms with E-state index >= 15 is 0 Å². The van der Waals surface area contributed by atoms with Gasteiger partial charge in [0.1, 0.15) is 6.10 Å². The van der Waals surface area contributed by atoms with Crippen molar-refractivity contribution >= 4 is 33.6 Å². The third-order valence-corrected chi connectivity index (χ3v) is 5.68. The maximum Gasteiger partial charge on any atom is 0.475 e. The van der Waals surface area contributed by atoms with Gasteiger partial charge in [-0.3, -0.25) is 13.6 Å². The molecule has 0 radical (unpaired) electrons. The molecule has 0 aromatic rings. The zero-order chi connectivity index (χ0) is 16.4. The summed E-state index contributed by atoms with van der Waals surface area (Å²) in [6, 6.07) is 0. The number of halogens is 1. The summed E-state index contributed by atoms with van der Waals surface area (Å²) in [6.07, 6.45) is 2.63. The van der Waals surface area contributed by atoms with Crippen LogP contribution < -0.4 is 0 Å². The van der Waals surface area contributed by atoms with Crippen LogP contribution in [0.4, 0.5) is 0 Å². The summed E-state index contributed by atoms with van der Waals surface area (Å²) < 4.78 is 42.2. The monoisotopic (exact) mass is 368 g/mol. The second-order valence-corrected chi connectivity index (χ2v) is 7.50. The van der Waals surface area contributed by atoms with Gasteiger partial charge in [0.2, 0.25) is 0 Å². The Morgan fingerprint density at radius 2 is 1.62 bits per heavy atom. The van der Waals surface area contributed by atoms with Gasteiger partial charge in [0.05, 0.1) is 44.9 Å². The van der Waals surface area contributed by atoms with Gasteiger partial charge in [-0.15, -0.1) is 0 Å². The molecular formula is C10H23ClO8P2. The lowest BCUT2D eigenvalue weighted by atomic mass is 10.4. The van der Waals surface area contributed by atoms with Crippen molar-refractivity contribution in [2.75, 3.05) is 33.0 Å². The topological polar surface area (TPSA) is 92.7 Å². The van der Waals surface area contributed by atoms with Crippen molar-refractivity contribution in [1.29, 1.82) is 0 Å². The largest absolute Gasteiger partial charge is 0.475 e. The van der Waals surface area contributed by atoms with Crippen LogP contribution in [0.5, 0.6) is 0 Å². The van der Waals surface area contributed by atoms with Crippen molar-refractivity contribution in [2.45, 2.75) is 26.9 Å². The van der Waals surface area contributed by atoms with Crippen molar-refractivity contribution in [3.8, 4) is 0 Å². The second kappa shape index (κ2) is 11.1. The Morgan fingerprint density at radius 1 is 1.10 bits per heavy atom. The van der Waals surface area contributed by atoms with Crippen molar-refractivity contribution in [1.82, 2.24) is 0 Å². The van der Waals surface area contributed by atoms with E-state index in [1.54, 1.807) is 20.8 Å². The minimum absolute atomic E-state index is 0.131. The molecule has 2 unspecified atom stereocenters. The van der Waals surface area contributed by atoms with Crippen LogP contribution in [0.2, 0.25) is 0 Å². The average Bonchev–Trinajstić information content (AvgIpc) is 2.44. The summed E-state index contributed by atoms with van der Waals surface area (Å²) in [4.78, 5) is 0. The van der Waals surface area contributed by atoms with Crippen LogP contribution in [-0.4, -0.2) is 50.5 Å². The molecule has 2 atom stereocenters. The molecule has 0 aromatic carbocycles. The molecule has 1 N–H and O–H groups in total. The van der Waals surface area contributed by atoms with E-state index in [0.717, 1.165) is 0 Å². The summed E-state index contributed by atoms with van der Waals surface area (Å²) in [5.41, 5.74) is 0. The summed E-state index contributed by atoms with van der Waals surface area (Å²) in [6.45, 7) is 4.87.